The largest absolute Gasteiger partial charge is 0.545 e. The first-order valence-electron chi connectivity index (χ1n) is 7.96. The highest BCUT2D eigenvalue weighted by Crippen LogP contribution is 2.27. The summed E-state index contributed by atoms with van der Waals surface area (Å²) >= 11 is 1.17. The molecule has 0 radical (unpaired) electrons. The predicted molar refractivity (Wildman–Crippen MR) is 97.8 cm³/mol. The second kappa shape index (κ2) is 9.72. The van der Waals surface area contributed by atoms with E-state index in [2.05, 4.69) is 5.32 Å². The van der Waals surface area contributed by atoms with E-state index in [0.717, 1.165) is 5.56 Å². The lowest BCUT2D eigenvalue weighted by molar-refractivity contribution is -0.255. The number of hydrogen-bond acceptors (Lipinski definition) is 6. The SMILES string of the molecule is COc1ccc(CCNC(=O)CSc2ccccc2C(=O)[O-])cc1OC. The fourth-order valence-electron chi connectivity index (χ4n) is 2.34. The van der Waals surface area contributed by atoms with Crippen molar-refractivity contribution in [2.75, 3.05) is 26.5 Å². The third kappa shape index (κ3) is 5.42. The molecule has 2 rings (SSSR count). The van der Waals surface area contributed by atoms with Crippen LogP contribution in [0.2, 0.25) is 0 Å². The van der Waals surface area contributed by atoms with E-state index in [1.165, 1.54) is 17.8 Å². The van der Waals surface area contributed by atoms with Crippen molar-refractivity contribution in [3.05, 3.63) is 53.6 Å². The van der Waals surface area contributed by atoms with Gasteiger partial charge in [-0.3, -0.25) is 4.79 Å². The molecule has 0 atom stereocenters. The number of amides is 1. The van der Waals surface area contributed by atoms with Gasteiger partial charge in [-0.25, -0.2) is 0 Å². The van der Waals surface area contributed by atoms with Crippen LogP contribution in [0.15, 0.2) is 47.4 Å². The van der Waals surface area contributed by atoms with Gasteiger partial charge in [-0.2, -0.15) is 0 Å². The molecule has 0 unspecified atom stereocenters. The molecule has 0 saturated heterocycles. The molecule has 2 aromatic rings. The van der Waals surface area contributed by atoms with Crippen LogP contribution >= 0.6 is 11.8 Å². The third-order valence-corrected chi connectivity index (χ3v) is 4.72. The summed E-state index contributed by atoms with van der Waals surface area (Å²) in [6, 6.07) is 12.1. The number of nitrogens with one attached hydrogen (secondary N) is 1. The van der Waals surface area contributed by atoms with Crippen molar-refractivity contribution < 1.29 is 24.2 Å². The molecule has 7 heteroatoms. The summed E-state index contributed by atoms with van der Waals surface area (Å²) in [6.07, 6.45) is 0.645. The van der Waals surface area contributed by atoms with Crippen molar-refractivity contribution in [3.63, 3.8) is 0 Å². The molecule has 0 spiro atoms. The number of thioether (sulfide) groups is 1. The van der Waals surface area contributed by atoms with Crippen molar-refractivity contribution in [1.82, 2.24) is 5.32 Å². The highest BCUT2D eigenvalue weighted by atomic mass is 32.2. The molecule has 1 N–H and O–H groups in total. The van der Waals surface area contributed by atoms with Crippen LogP contribution in [0.25, 0.3) is 0 Å². The maximum atomic E-state index is 12.0. The van der Waals surface area contributed by atoms with E-state index in [1.807, 2.05) is 18.2 Å². The average molecular weight is 374 g/mol. The summed E-state index contributed by atoms with van der Waals surface area (Å²) < 4.78 is 10.4. The van der Waals surface area contributed by atoms with Crippen molar-refractivity contribution in [2.45, 2.75) is 11.3 Å². The standard InChI is InChI=1S/C19H21NO5S/c1-24-15-8-7-13(11-16(15)25-2)9-10-20-18(21)12-26-17-6-4-3-5-14(17)19(22)23/h3-8,11H,9-10,12H2,1-2H3,(H,20,21)(H,22,23)/p-1. The molecule has 1 amide bonds. The Hall–Kier alpha value is -2.67. The van der Waals surface area contributed by atoms with Crippen molar-refractivity contribution in [3.8, 4) is 11.5 Å². The molecule has 138 valence electrons. The van der Waals surface area contributed by atoms with E-state index in [9.17, 15) is 14.7 Å². The number of carboxylic acid groups (broad SMARTS) is 1. The van der Waals surface area contributed by atoms with Gasteiger partial charge in [0.2, 0.25) is 5.91 Å². The van der Waals surface area contributed by atoms with Gasteiger partial charge in [0.25, 0.3) is 0 Å². The maximum Gasteiger partial charge on any atom is 0.230 e. The number of rotatable bonds is 9. The molecule has 0 aliphatic carbocycles. The molecule has 0 aliphatic heterocycles. The molecule has 2 aromatic carbocycles. The first kappa shape index (κ1) is 19.7. The van der Waals surface area contributed by atoms with Crippen LogP contribution in [-0.4, -0.2) is 38.4 Å². The van der Waals surface area contributed by atoms with E-state index >= 15 is 0 Å². The molecule has 26 heavy (non-hydrogen) atoms. The highest BCUT2D eigenvalue weighted by molar-refractivity contribution is 8.00. The summed E-state index contributed by atoms with van der Waals surface area (Å²) in [5, 5.41) is 13.9. The van der Waals surface area contributed by atoms with Crippen LogP contribution in [0.3, 0.4) is 0 Å². The second-order valence-electron chi connectivity index (χ2n) is 5.36. The van der Waals surface area contributed by atoms with Crippen molar-refractivity contribution in [2.24, 2.45) is 0 Å². The zero-order chi connectivity index (χ0) is 18.9. The van der Waals surface area contributed by atoms with Crippen LogP contribution in [0.1, 0.15) is 15.9 Å². The summed E-state index contributed by atoms with van der Waals surface area (Å²) in [5.41, 5.74) is 1.11. The fourth-order valence-corrected chi connectivity index (χ4v) is 3.21. The Kier molecular flexibility index (Phi) is 7.35. The Morgan fingerprint density at radius 3 is 2.50 bits per heavy atom. The van der Waals surface area contributed by atoms with Crippen molar-refractivity contribution >= 4 is 23.6 Å². The van der Waals surface area contributed by atoms with Crippen LogP contribution in [0.5, 0.6) is 11.5 Å². The first-order valence-corrected chi connectivity index (χ1v) is 8.94. The van der Waals surface area contributed by atoms with Gasteiger partial charge in [0.15, 0.2) is 11.5 Å². The Morgan fingerprint density at radius 1 is 1.08 bits per heavy atom. The average Bonchev–Trinajstić information content (AvgIpc) is 2.66. The Morgan fingerprint density at radius 2 is 1.81 bits per heavy atom. The number of aromatic carboxylic acids is 1. The van der Waals surface area contributed by atoms with E-state index in [4.69, 9.17) is 9.47 Å². The molecular weight excluding hydrogens is 354 g/mol. The van der Waals surface area contributed by atoms with E-state index < -0.39 is 5.97 Å². The van der Waals surface area contributed by atoms with E-state index in [1.54, 1.807) is 32.4 Å². The highest BCUT2D eigenvalue weighted by Gasteiger charge is 2.08. The van der Waals surface area contributed by atoms with E-state index in [0.29, 0.717) is 29.4 Å². The Bertz CT molecular complexity index is 778. The zero-order valence-corrected chi connectivity index (χ0v) is 15.4. The number of ether oxygens (including phenoxy) is 2. The number of hydrogen-bond donors (Lipinski definition) is 1. The monoisotopic (exact) mass is 374 g/mol. The Labute approximate surface area is 156 Å². The lowest BCUT2D eigenvalue weighted by atomic mass is 10.1. The third-order valence-electron chi connectivity index (χ3n) is 3.65. The smallest absolute Gasteiger partial charge is 0.230 e. The van der Waals surface area contributed by atoms with Gasteiger partial charge in [-0.05, 0) is 30.2 Å². The molecule has 0 fully saturated rings. The van der Waals surface area contributed by atoms with Crippen LogP contribution in [0.4, 0.5) is 0 Å². The number of methoxy groups -OCH3 is 2. The lowest BCUT2D eigenvalue weighted by Gasteiger charge is -2.11. The van der Waals surface area contributed by atoms with Gasteiger partial charge in [0, 0.05) is 17.0 Å². The summed E-state index contributed by atoms with van der Waals surface area (Å²) in [7, 11) is 3.15. The van der Waals surface area contributed by atoms with Crippen LogP contribution < -0.4 is 19.9 Å². The minimum Gasteiger partial charge on any atom is -0.545 e. The topological polar surface area (TPSA) is 87.7 Å². The molecule has 0 heterocycles. The minimum absolute atomic E-state index is 0.0932. The van der Waals surface area contributed by atoms with Gasteiger partial charge in [0.1, 0.15) is 0 Å². The quantitative estimate of drug-likeness (QED) is 0.670. The summed E-state index contributed by atoms with van der Waals surface area (Å²) in [5.74, 6) is 0.0237. The lowest BCUT2D eigenvalue weighted by Crippen LogP contribution is -2.27. The first-order chi connectivity index (χ1) is 12.5. The number of carboxylic acids is 1. The van der Waals surface area contributed by atoms with E-state index in [-0.39, 0.29) is 17.2 Å². The summed E-state index contributed by atoms with van der Waals surface area (Å²) in [4.78, 5) is 23.5. The van der Waals surface area contributed by atoms with Gasteiger partial charge < -0.3 is 24.7 Å². The number of benzene rings is 2. The van der Waals surface area contributed by atoms with Gasteiger partial charge in [-0.1, -0.05) is 24.3 Å². The Balaban J connectivity index is 1.82. The van der Waals surface area contributed by atoms with Gasteiger partial charge >= 0.3 is 0 Å². The molecule has 0 aromatic heterocycles. The van der Waals surface area contributed by atoms with Gasteiger partial charge in [0.05, 0.1) is 25.9 Å². The molecule has 0 aliphatic rings. The fraction of sp³-hybridized carbons (Fsp3) is 0.263. The zero-order valence-electron chi connectivity index (χ0n) is 14.6. The van der Waals surface area contributed by atoms with Crippen LogP contribution in [-0.2, 0) is 11.2 Å². The number of carbonyl (C=O) groups excluding carboxylic acids is 2. The van der Waals surface area contributed by atoms with Crippen LogP contribution in [0, 0.1) is 0 Å². The normalized spacial score (nSPS) is 10.2. The maximum absolute atomic E-state index is 12.0. The van der Waals surface area contributed by atoms with Crippen molar-refractivity contribution in [1.29, 1.82) is 0 Å². The van der Waals surface area contributed by atoms with Gasteiger partial charge in [-0.15, -0.1) is 11.8 Å². The predicted octanol–water partition coefficient (Wildman–Crippen LogP) is 1.52. The molecule has 0 saturated carbocycles. The molecule has 0 bridgehead atoms. The molecular formula is C19H20NO5S-. The second-order valence-corrected chi connectivity index (χ2v) is 6.38. The number of carbonyl (C=O) groups is 2. The minimum atomic E-state index is -1.25. The molecule has 6 nitrogen and oxygen atoms in total. The summed E-state index contributed by atoms with van der Waals surface area (Å²) in [6.45, 7) is 0.469.